The fourth-order valence-corrected chi connectivity index (χ4v) is 7.89. The largest absolute Gasteiger partial charge is 0.456 e. The molecule has 3 aromatic heterocycles. The molecule has 0 bridgehead atoms. The third kappa shape index (κ3) is 5.45. The molecule has 11 rings (SSSR count). The molecule has 0 amide bonds. The number of aromatic nitrogens is 4. The first-order chi connectivity index (χ1) is 27.7. The lowest BCUT2D eigenvalue weighted by Crippen LogP contribution is -2.00. The Bertz CT molecular complexity index is 3160. The van der Waals surface area contributed by atoms with Crippen LogP contribution in [-0.2, 0) is 0 Å². The molecule has 0 saturated carbocycles. The first-order valence-electron chi connectivity index (χ1n) is 18.8. The van der Waals surface area contributed by atoms with Crippen LogP contribution in [0.4, 0.5) is 0 Å². The summed E-state index contributed by atoms with van der Waals surface area (Å²) in [4.78, 5) is 14.6. The lowest BCUT2D eigenvalue weighted by Gasteiger charge is -2.09. The molecular formula is C51H32N4O. The van der Waals surface area contributed by atoms with Gasteiger partial charge >= 0.3 is 0 Å². The van der Waals surface area contributed by atoms with Crippen molar-refractivity contribution < 1.29 is 4.42 Å². The minimum atomic E-state index is 0.633. The lowest BCUT2D eigenvalue weighted by atomic mass is 10.0. The zero-order valence-corrected chi connectivity index (χ0v) is 30.2. The van der Waals surface area contributed by atoms with E-state index in [1.54, 1.807) is 0 Å². The Hall–Kier alpha value is -7.63. The van der Waals surface area contributed by atoms with E-state index in [-0.39, 0.29) is 0 Å². The molecule has 0 atom stereocenters. The van der Waals surface area contributed by atoms with Gasteiger partial charge < -0.3 is 8.98 Å². The van der Waals surface area contributed by atoms with Crippen LogP contribution in [0.1, 0.15) is 0 Å². The summed E-state index contributed by atoms with van der Waals surface area (Å²) in [7, 11) is 0. The molecule has 0 saturated heterocycles. The molecule has 0 aliphatic heterocycles. The van der Waals surface area contributed by atoms with Crippen molar-refractivity contribution in [3.05, 3.63) is 194 Å². The van der Waals surface area contributed by atoms with E-state index in [4.69, 9.17) is 19.4 Å². The molecule has 262 valence electrons. The summed E-state index contributed by atoms with van der Waals surface area (Å²) in [5.74, 6) is 1.93. The Kier molecular flexibility index (Phi) is 7.42. The second-order valence-corrected chi connectivity index (χ2v) is 14.1. The Morgan fingerprint density at radius 1 is 0.304 bits per heavy atom. The van der Waals surface area contributed by atoms with Crippen LogP contribution >= 0.6 is 0 Å². The Morgan fingerprint density at radius 3 is 1.30 bits per heavy atom. The third-order valence-electron chi connectivity index (χ3n) is 10.7. The van der Waals surface area contributed by atoms with Gasteiger partial charge in [-0.2, -0.15) is 0 Å². The Balaban J connectivity index is 0.938. The first kappa shape index (κ1) is 31.9. The van der Waals surface area contributed by atoms with Crippen LogP contribution < -0.4 is 0 Å². The van der Waals surface area contributed by atoms with Crippen molar-refractivity contribution in [2.75, 3.05) is 0 Å². The monoisotopic (exact) mass is 716 g/mol. The van der Waals surface area contributed by atoms with Crippen molar-refractivity contribution in [2.45, 2.75) is 0 Å². The highest BCUT2D eigenvalue weighted by atomic mass is 16.3. The number of hydrogen-bond acceptors (Lipinski definition) is 4. The van der Waals surface area contributed by atoms with Gasteiger partial charge in [0.1, 0.15) is 11.2 Å². The molecule has 0 aliphatic carbocycles. The molecule has 0 fully saturated rings. The second-order valence-electron chi connectivity index (χ2n) is 14.1. The summed E-state index contributed by atoms with van der Waals surface area (Å²) < 4.78 is 8.93. The van der Waals surface area contributed by atoms with Crippen molar-refractivity contribution in [3.63, 3.8) is 0 Å². The zero-order chi connectivity index (χ0) is 37.0. The summed E-state index contributed by atoms with van der Waals surface area (Å²) in [6, 6.07) is 67.5. The van der Waals surface area contributed by atoms with Gasteiger partial charge in [-0.3, -0.25) is 0 Å². The van der Waals surface area contributed by atoms with E-state index in [2.05, 4.69) is 138 Å². The number of hydrogen-bond donors (Lipinski definition) is 0. The van der Waals surface area contributed by atoms with Gasteiger partial charge in [0, 0.05) is 43.9 Å². The number of para-hydroxylation sites is 2. The van der Waals surface area contributed by atoms with Crippen LogP contribution in [-0.4, -0.2) is 19.5 Å². The molecule has 0 spiro atoms. The van der Waals surface area contributed by atoms with Crippen LogP contribution in [0, 0.1) is 0 Å². The molecule has 0 aliphatic rings. The van der Waals surface area contributed by atoms with E-state index in [1.807, 2.05) is 60.7 Å². The number of nitrogens with zero attached hydrogens (tertiary/aromatic N) is 4. The molecule has 11 aromatic rings. The van der Waals surface area contributed by atoms with E-state index < -0.39 is 0 Å². The number of rotatable bonds is 6. The fraction of sp³-hybridized carbons (Fsp3) is 0. The molecule has 5 heteroatoms. The minimum Gasteiger partial charge on any atom is -0.456 e. The van der Waals surface area contributed by atoms with Gasteiger partial charge in [-0.05, 0) is 70.8 Å². The number of furan rings is 1. The fourth-order valence-electron chi connectivity index (χ4n) is 7.89. The predicted molar refractivity (Wildman–Crippen MR) is 229 cm³/mol. The van der Waals surface area contributed by atoms with Crippen molar-refractivity contribution >= 4 is 43.7 Å². The van der Waals surface area contributed by atoms with E-state index in [0.29, 0.717) is 17.5 Å². The maximum atomic E-state index is 6.58. The van der Waals surface area contributed by atoms with Gasteiger partial charge in [-0.15, -0.1) is 0 Å². The SMILES string of the molecule is c1ccc(-c2nc(-c3ccccc3)nc(-c3ccc(-c4ccc5c(c4)oc4cc(-c6ccc7c8ccccc8n(-c8ccccc8)c7c6)ccc45)cc3)n2)cc1. The molecule has 0 unspecified atom stereocenters. The average molecular weight is 717 g/mol. The van der Waals surface area contributed by atoms with Crippen LogP contribution in [0.2, 0.25) is 0 Å². The van der Waals surface area contributed by atoms with Gasteiger partial charge in [0.05, 0.1) is 11.0 Å². The highest BCUT2D eigenvalue weighted by Gasteiger charge is 2.16. The highest BCUT2D eigenvalue weighted by molar-refractivity contribution is 6.11. The van der Waals surface area contributed by atoms with Crippen molar-refractivity contribution in [2.24, 2.45) is 0 Å². The summed E-state index contributed by atoms with van der Waals surface area (Å²) in [6.07, 6.45) is 0. The first-order valence-corrected chi connectivity index (χ1v) is 18.8. The summed E-state index contributed by atoms with van der Waals surface area (Å²) >= 11 is 0. The average Bonchev–Trinajstić information content (AvgIpc) is 3.81. The van der Waals surface area contributed by atoms with Gasteiger partial charge in [0.25, 0.3) is 0 Å². The van der Waals surface area contributed by atoms with E-state index in [9.17, 15) is 0 Å². The maximum Gasteiger partial charge on any atom is 0.164 e. The predicted octanol–water partition coefficient (Wildman–Crippen LogP) is 13.2. The zero-order valence-electron chi connectivity index (χ0n) is 30.2. The van der Waals surface area contributed by atoms with Crippen molar-refractivity contribution in [1.29, 1.82) is 0 Å². The molecule has 8 aromatic carbocycles. The lowest BCUT2D eigenvalue weighted by molar-refractivity contribution is 0.669. The van der Waals surface area contributed by atoms with Crippen molar-refractivity contribution in [1.82, 2.24) is 19.5 Å². The molecule has 3 heterocycles. The molecular weight excluding hydrogens is 685 g/mol. The number of benzene rings is 8. The standard InChI is InChI=1S/C51H32N4O/c1-4-12-34(13-5-1)49-52-50(35-14-6-2-7-15-35)54-51(53-49)36-22-20-33(21-23-36)38-25-28-43-44-29-26-39(32-48(44)56-47(43)31-38)37-24-27-42-41-18-10-11-19-45(41)55(46(42)30-37)40-16-8-3-9-17-40/h1-32H. The number of fused-ring (bicyclic) bond motifs is 6. The third-order valence-corrected chi connectivity index (χ3v) is 10.7. The van der Waals surface area contributed by atoms with Crippen LogP contribution in [0.3, 0.4) is 0 Å². The molecule has 56 heavy (non-hydrogen) atoms. The van der Waals surface area contributed by atoms with E-state index in [1.165, 1.54) is 21.8 Å². The van der Waals surface area contributed by atoms with Crippen LogP contribution in [0.5, 0.6) is 0 Å². The van der Waals surface area contributed by atoms with Gasteiger partial charge in [-0.1, -0.05) is 146 Å². The Labute approximate surface area is 322 Å². The van der Waals surface area contributed by atoms with Crippen LogP contribution in [0.15, 0.2) is 199 Å². The highest BCUT2D eigenvalue weighted by Crippen LogP contribution is 2.38. The van der Waals surface area contributed by atoms with E-state index in [0.717, 1.165) is 66.6 Å². The smallest absolute Gasteiger partial charge is 0.164 e. The van der Waals surface area contributed by atoms with Gasteiger partial charge in [-0.25, -0.2) is 15.0 Å². The second kappa shape index (κ2) is 13.0. The summed E-state index contributed by atoms with van der Waals surface area (Å²) in [5.41, 5.74) is 12.5. The normalized spacial score (nSPS) is 11.6. The minimum absolute atomic E-state index is 0.633. The molecule has 0 radical (unpaired) electrons. The summed E-state index contributed by atoms with van der Waals surface area (Å²) in [5, 5.41) is 4.68. The molecule has 0 N–H and O–H groups in total. The van der Waals surface area contributed by atoms with Crippen molar-refractivity contribution in [3.8, 4) is 62.1 Å². The topological polar surface area (TPSA) is 56.7 Å². The van der Waals surface area contributed by atoms with E-state index >= 15 is 0 Å². The Morgan fingerprint density at radius 2 is 0.714 bits per heavy atom. The molecule has 5 nitrogen and oxygen atoms in total. The summed E-state index contributed by atoms with van der Waals surface area (Å²) in [6.45, 7) is 0. The quantitative estimate of drug-likeness (QED) is 0.172. The van der Waals surface area contributed by atoms with Gasteiger partial charge in [0.15, 0.2) is 17.5 Å². The van der Waals surface area contributed by atoms with Gasteiger partial charge in [0.2, 0.25) is 0 Å². The maximum absolute atomic E-state index is 6.58. The van der Waals surface area contributed by atoms with Crippen LogP contribution in [0.25, 0.3) is 106 Å².